The van der Waals surface area contributed by atoms with Gasteiger partial charge in [-0.2, -0.15) is 0 Å². The molecule has 3 amide bonds. The smallest absolute Gasteiger partial charge is 0.322 e. The Labute approximate surface area is 108 Å². The third-order valence-electron chi connectivity index (χ3n) is 1.99. The zero-order valence-corrected chi connectivity index (χ0v) is 9.96. The molecule has 0 aliphatic rings. The SMILES string of the molecule is NC(=O)C[C@H](NC(=O)[C@@H](N)CO)C(=O)NCC(=O)O. The summed E-state index contributed by atoms with van der Waals surface area (Å²) in [7, 11) is 0. The standard InChI is InChI=1S/C9H16N4O6/c10-4(3-14)8(18)13-5(1-6(11)15)9(19)12-2-7(16)17/h4-5,14H,1-3,10H2,(H2,11,15)(H,12,19)(H,13,18)(H,16,17)/t4-,5-/m0/s1. The fourth-order valence-corrected chi connectivity index (χ4v) is 1.06. The van der Waals surface area contributed by atoms with Crippen LogP contribution >= 0.6 is 0 Å². The molecule has 0 aromatic heterocycles. The van der Waals surface area contributed by atoms with Crippen molar-refractivity contribution in [3.8, 4) is 0 Å². The van der Waals surface area contributed by atoms with Gasteiger partial charge in [-0.05, 0) is 0 Å². The van der Waals surface area contributed by atoms with Crippen molar-refractivity contribution in [1.29, 1.82) is 0 Å². The van der Waals surface area contributed by atoms with E-state index in [0.29, 0.717) is 0 Å². The molecule has 10 nitrogen and oxygen atoms in total. The highest BCUT2D eigenvalue weighted by Crippen LogP contribution is 1.93. The normalized spacial score (nSPS) is 13.2. The maximum absolute atomic E-state index is 11.5. The van der Waals surface area contributed by atoms with E-state index in [-0.39, 0.29) is 0 Å². The highest BCUT2D eigenvalue weighted by molar-refractivity contribution is 5.93. The van der Waals surface area contributed by atoms with Crippen LogP contribution in [0.1, 0.15) is 6.42 Å². The number of carbonyl (C=O) groups is 4. The van der Waals surface area contributed by atoms with Crippen LogP contribution in [-0.4, -0.2) is 59.1 Å². The number of hydrogen-bond donors (Lipinski definition) is 6. The van der Waals surface area contributed by atoms with Gasteiger partial charge in [0.05, 0.1) is 13.0 Å². The summed E-state index contributed by atoms with van der Waals surface area (Å²) in [5.41, 5.74) is 10.1. The van der Waals surface area contributed by atoms with Gasteiger partial charge in [0.25, 0.3) is 0 Å². The van der Waals surface area contributed by atoms with Gasteiger partial charge in [-0.3, -0.25) is 19.2 Å². The average Bonchev–Trinajstić information content (AvgIpc) is 2.33. The minimum absolute atomic E-state index is 0.519. The van der Waals surface area contributed by atoms with Crippen LogP contribution in [0, 0.1) is 0 Å². The van der Waals surface area contributed by atoms with Crippen molar-refractivity contribution in [2.45, 2.75) is 18.5 Å². The van der Waals surface area contributed by atoms with E-state index < -0.39 is 55.3 Å². The van der Waals surface area contributed by atoms with E-state index in [2.05, 4.69) is 5.32 Å². The number of aliphatic hydroxyl groups excluding tert-OH is 1. The fraction of sp³-hybridized carbons (Fsp3) is 0.556. The first-order valence-electron chi connectivity index (χ1n) is 5.22. The average molecular weight is 276 g/mol. The van der Waals surface area contributed by atoms with Crippen molar-refractivity contribution < 1.29 is 29.4 Å². The number of hydrogen-bond acceptors (Lipinski definition) is 6. The van der Waals surface area contributed by atoms with Crippen LogP contribution in [0.2, 0.25) is 0 Å². The van der Waals surface area contributed by atoms with E-state index >= 15 is 0 Å². The quantitative estimate of drug-likeness (QED) is 0.260. The molecule has 0 saturated heterocycles. The van der Waals surface area contributed by atoms with Gasteiger partial charge in [0.15, 0.2) is 0 Å². The number of carboxylic acid groups (broad SMARTS) is 1. The second kappa shape index (κ2) is 8.00. The fourth-order valence-electron chi connectivity index (χ4n) is 1.06. The summed E-state index contributed by atoms with van der Waals surface area (Å²) in [6.45, 7) is -1.32. The van der Waals surface area contributed by atoms with E-state index in [1.807, 2.05) is 5.32 Å². The number of aliphatic carboxylic acids is 1. The van der Waals surface area contributed by atoms with E-state index in [1.165, 1.54) is 0 Å². The Hall–Kier alpha value is -2.20. The molecule has 0 saturated carbocycles. The van der Waals surface area contributed by atoms with Gasteiger partial charge < -0.3 is 32.3 Å². The minimum Gasteiger partial charge on any atom is -0.480 e. The van der Waals surface area contributed by atoms with Gasteiger partial charge in [-0.1, -0.05) is 0 Å². The van der Waals surface area contributed by atoms with Crippen LogP contribution in [0.5, 0.6) is 0 Å². The third-order valence-corrected chi connectivity index (χ3v) is 1.99. The molecule has 0 aliphatic carbocycles. The van der Waals surface area contributed by atoms with Gasteiger partial charge in [0.2, 0.25) is 17.7 Å². The first-order chi connectivity index (χ1) is 8.77. The lowest BCUT2D eigenvalue weighted by Gasteiger charge is -2.18. The second-order valence-corrected chi connectivity index (χ2v) is 3.63. The monoisotopic (exact) mass is 276 g/mol. The largest absolute Gasteiger partial charge is 0.480 e. The van der Waals surface area contributed by atoms with Crippen molar-refractivity contribution in [3.63, 3.8) is 0 Å². The number of amides is 3. The summed E-state index contributed by atoms with van der Waals surface area (Å²) < 4.78 is 0. The van der Waals surface area contributed by atoms with E-state index in [1.54, 1.807) is 0 Å². The summed E-state index contributed by atoms with van der Waals surface area (Å²) in [4.78, 5) is 43.9. The second-order valence-electron chi connectivity index (χ2n) is 3.63. The van der Waals surface area contributed by atoms with Crippen LogP contribution in [0.3, 0.4) is 0 Å². The predicted octanol–water partition coefficient (Wildman–Crippen LogP) is -4.13. The van der Waals surface area contributed by atoms with Gasteiger partial charge in [-0.25, -0.2) is 0 Å². The van der Waals surface area contributed by atoms with Gasteiger partial charge >= 0.3 is 5.97 Å². The maximum Gasteiger partial charge on any atom is 0.322 e. The molecule has 0 spiro atoms. The summed E-state index contributed by atoms with van der Waals surface area (Å²) in [5.74, 6) is -3.91. The molecule has 19 heavy (non-hydrogen) atoms. The summed E-state index contributed by atoms with van der Waals surface area (Å²) in [6.07, 6.45) is -0.519. The first-order valence-corrected chi connectivity index (χ1v) is 5.22. The Balaban J connectivity index is 4.61. The van der Waals surface area contributed by atoms with Crippen molar-refractivity contribution in [1.82, 2.24) is 10.6 Å². The molecule has 0 unspecified atom stereocenters. The minimum atomic E-state index is -1.35. The maximum atomic E-state index is 11.5. The van der Waals surface area contributed by atoms with Gasteiger partial charge in [-0.15, -0.1) is 0 Å². The molecular weight excluding hydrogens is 260 g/mol. The highest BCUT2D eigenvalue weighted by Gasteiger charge is 2.25. The van der Waals surface area contributed by atoms with Crippen LogP contribution in [0.15, 0.2) is 0 Å². The van der Waals surface area contributed by atoms with Crippen molar-refractivity contribution in [2.75, 3.05) is 13.2 Å². The Morgan fingerprint density at radius 1 is 1.16 bits per heavy atom. The van der Waals surface area contributed by atoms with E-state index in [9.17, 15) is 19.2 Å². The summed E-state index contributed by atoms with van der Waals surface area (Å²) >= 11 is 0. The predicted molar refractivity (Wildman–Crippen MR) is 61.4 cm³/mol. The van der Waals surface area contributed by atoms with Crippen molar-refractivity contribution in [3.05, 3.63) is 0 Å². The molecule has 0 bridgehead atoms. The van der Waals surface area contributed by atoms with Crippen LogP contribution < -0.4 is 22.1 Å². The number of rotatable bonds is 8. The first kappa shape index (κ1) is 16.8. The Kier molecular flexibility index (Phi) is 7.07. The lowest BCUT2D eigenvalue weighted by molar-refractivity contribution is -0.138. The number of nitrogens with one attached hydrogen (secondary N) is 2. The number of aliphatic hydroxyl groups is 1. The summed E-state index contributed by atoms with van der Waals surface area (Å²) in [6, 6.07) is -2.61. The Bertz CT molecular complexity index is 372. The van der Waals surface area contributed by atoms with Crippen molar-refractivity contribution in [2.24, 2.45) is 11.5 Å². The number of carboxylic acids is 1. The van der Waals surface area contributed by atoms with Crippen LogP contribution in [-0.2, 0) is 19.2 Å². The molecule has 0 aliphatic heterocycles. The lowest BCUT2D eigenvalue weighted by Crippen LogP contribution is -2.54. The highest BCUT2D eigenvalue weighted by atomic mass is 16.4. The molecule has 108 valence electrons. The Morgan fingerprint density at radius 2 is 1.74 bits per heavy atom. The van der Waals surface area contributed by atoms with E-state index in [4.69, 9.17) is 21.7 Å². The molecule has 0 rings (SSSR count). The number of primary amides is 1. The molecule has 0 radical (unpaired) electrons. The van der Waals surface area contributed by atoms with Gasteiger partial charge in [0, 0.05) is 0 Å². The topological polar surface area (TPSA) is 185 Å². The zero-order chi connectivity index (χ0) is 15.0. The molecule has 8 N–H and O–H groups in total. The zero-order valence-electron chi connectivity index (χ0n) is 9.96. The number of carbonyl (C=O) groups excluding carboxylic acids is 3. The molecule has 0 fully saturated rings. The van der Waals surface area contributed by atoms with Crippen LogP contribution in [0.4, 0.5) is 0 Å². The Morgan fingerprint density at radius 3 is 2.16 bits per heavy atom. The summed E-state index contributed by atoms with van der Waals surface area (Å²) in [5, 5.41) is 21.1. The van der Waals surface area contributed by atoms with Crippen molar-refractivity contribution >= 4 is 23.7 Å². The molecule has 2 atom stereocenters. The molecular formula is C9H16N4O6. The molecule has 0 aromatic carbocycles. The third kappa shape index (κ3) is 6.95. The lowest BCUT2D eigenvalue weighted by atomic mass is 10.1. The van der Waals surface area contributed by atoms with Gasteiger partial charge in [0.1, 0.15) is 18.6 Å². The molecule has 10 heteroatoms. The molecule has 0 heterocycles. The van der Waals surface area contributed by atoms with Crippen LogP contribution in [0.25, 0.3) is 0 Å². The number of nitrogens with two attached hydrogens (primary N) is 2. The van der Waals surface area contributed by atoms with E-state index in [0.717, 1.165) is 0 Å². The molecule has 0 aromatic rings.